The van der Waals surface area contributed by atoms with E-state index in [1.54, 1.807) is 7.11 Å². The third-order valence-electron chi connectivity index (χ3n) is 3.05. The molecule has 0 unspecified atom stereocenters. The van der Waals surface area contributed by atoms with E-state index in [4.69, 9.17) is 10.5 Å². The molecular formula is C16H28N4O. The van der Waals surface area contributed by atoms with Crippen LogP contribution in [0.25, 0.3) is 0 Å². The molecule has 0 saturated carbocycles. The fraction of sp³-hybridized carbons (Fsp3) is 0.562. The SMILES string of the molecule is COCCNc1ccc(CN=C(N)NCCC(C)C)cc1. The molecule has 5 nitrogen and oxygen atoms in total. The van der Waals surface area contributed by atoms with E-state index in [-0.39, 0.29) is 0 Å². The van der Waals surface area contributed by atoms with E-state index in [1.807, 2.05) is 12.1 Å². The number of nitrogens with zero attached hydrogens (tertiary/aromatic N) is 1. The molecule has 1 aromatic carbocycles. The fourth-order valence-electron chi connectivity index (χ4n) is 1.75. The second-order valence-corrected chi connectivity index (χ2v) is 5.43. The van der Waals surface area contributed by atoms with Gasteiger partial charge in [-0.15, -0.1) is 0 Å². The van der Waals surface area contributed by atoms with Crippen LogP contribution in [0.1, 0.15) is 25.8 Å². The standard InChI is InChI=1S/C16H28N4O/c1-13(2)8-9-19-16(17)20-12-14-4-6-15(7-5-14)18-10-11-21-3/h4-7,13,18H,8-12H2,1-3H3,(H3,17,19,20). The molecule has 0 fully saturated rings. The van der Waals surface area contributed by atoms with Crippen LogP contribution in [0.2, 0.25) is 0 Å². The Morgan fingerprint density at radius 1 is 1.24 bits per heavy atom. The maximum Gasteiger partial charge on any atom is 0.188 e. The van der Waals surface area contributed by atoms with Crippen molar-refractivity contribution in [1.82, 2.24) is 5.32 Å². The third-order valence-corrected chi connectivity index (χ3v) is 3.05. The number of rotatable bonds is 9. The summed E-state index contributed by atoms with van der Waals surface area (Å²) in [7, 11) is 1.70. The van der Waals surface area contributed by atoms with Crippen LogP contribution in [0.4, 0.5) is 5.69 Å². The number of ether oxygens (including phenoxy) is 1. The molecule has 0 aliphatic heterocycles. The van der Waals surface area contributed by atoms with Gasteiger partial charge in [-0.1, -0.05) is 26.0 Å². The van der Waals surface area contributed by atoms with Crippen LogP contribution < -0.4 is 16.4 Å². The molecule has 0 heterocycles. The zero-order chi connectivity index (χ0) is 15.5. The van der Waals surface area contributed by atoms with Crippen molar-refractivity contribution in [2.24, 2.45) is 16.6 Å². The Kier molecular flexibility index (Phi) is 8.28. The summed E-state index contributed by atoms with van der Waals surface area (Å²) in [5.41, 5.74) is 8.06. The highest BCUT2D eigenvalue weighted by Gasteiger charge is 1.97. The summed E-state index contributed by atoms with van der Waals surface area (Å²) in [6, 6.07) is 8.20. The summed E-state index contributed by atoms with van der Waals surface area (Å²) in [6.45, 7) is 7.36. The molecule has 4 N–H and O–H groups in total. The second kappa shape index (κ2) is 10.0. The lowest BCUT2D eigenvalue weighted by Gasteiger charge is -2.08. The van der Waals surface area contributed by atoms with Crippen LogP contribution in [0.5, 0.6) is 0 Å². The molecule has 0 bridgehead atoms. The summed E-state index contributed by atoms with van der Waals surface area (Å²) >= 11 is 0. The molecule has 0 aliphatic carbocycles. The molecule has 0 amide bonds. The number of benzene rings is 1. The van der Waals surface area contributed by atoms with Crippen molar-refractivity contribution in [2.75, 3.05) is 32.1 Å². The lowest BCUT2D eigenvalue weighted by atomic mass is 10.1. The molecule has 0 spiro atoms. The number of anilines is 1. The minimum Gasteiger partial charge on any atom is -0.383 e. The highest BCUT2D eigenvalue weighted by atomic mass is 16.5. The van der Waals surface area contributed by atoms with Crippen LogP contribution in [0.15, 0.2) is 29.3 Å². The largest absolute Gasteiger partial charge is 0.383 e. The van der Waals surface area contributed by atoms with E-state index in [1.165, 1.54) is 0 Å². The Bertz CT molecular complexity index is 415. The molecule has 0 atom stereocenters. The van der Waals surface area contributed by atoms with Gasteiger partial charge in [-0.2, -0.15) is 0 Å². The van der Waals surface area contributed by atoms with Crippen molar-refractivity contribution in [2.45, 2.75) is 26.8 Å². The van der Waals surface area contributed by atoms with Crippen molar-refractivity contribution in [3.05, 3.63) is 29.8 Å². The van der Waals surface area contributed by atoms with E-state index < -0.39 is 0 Å². The zero-order valence-electron chi connectivity index (χ0n) is 13.4. The van der Waals surface area contributed by atoms with Gasteiger partial charge in [0.05, 0.1) is 13.2 Å². The highest BCUT2D eigenvalue weighted by Crippen LogP contribution is 2.10. The van der Waals surface area contributed by atoms with E-state index in [0.29, 0.717) is 25.0 Å². The van der Waals surface area contributed by atoms with Crippen molar-refractivity contribution >= 4 is 11.6 Å². The first-order valence-electron chi connectivity index (χ1n) is 7.47. The number of hydrogen-bond acceptors (Lipinski definition) is 3. The molecule has 0 aliphatic rings. The van der Waals surface area contributed by atoms with Crippen molar-refractivity contribution in [3.8, 4) is 0 Å². The molecule has 118 valence electrons. The number of hydrogen-bond donors (Lipinski definition) is 3. The van der Waals surface area contributed by atoms with Crippen molar-refractivity contribution in [1.29, 1.82) is 0 Å². The third kappa shape index (κ3) is 8.19. The van der Waals surface area contributed by atoms with Crippen LogP contribution >= 0.6 is 0 Å². The molecule has 21 heavy (non-hydrogen) atoms. The Morgan fingerprint density at radius 2 is 1.95 bits per heavy atom. The maximum absolute atomic E-state index is 5.83. The lowest BCUT2D eigenvalue weighted by molar-refractivity contribution is 0.211. The first-order chi connectivity index (χ1) is 10.1. The predicted octanol–water partition coefficient (Wildman–Crippen LogP) is 2.20. The van der Waals surface area contributed by atoms with Gasteiger partial charge in [0.2, 0.25) is 0 Å². The molecule has 5 heteroatoms. The average molecular weight is 292 g/mol. The molecule has 0 saturated heterocycles. The van der Waals surface area contributed by atoms with E-state index in [2.05, 4.69) is 41.6 Å². The average Bonchev–Trinajstić information content (AvgIpc) is 2.46. The smallest absolute Gasteiger partial charge is 0.188 e. The monoisotopic (exact) mass is 292 g/mol. The fourth-order valence-corrected chi connectivity index (χ4v) is 1.75. The van der Waals surface area contributed by atoms with Gasteiger partial charge < -0.3 is 21.1 Å². The van der Waals surface area contributed by atoms with Gasteiger partial charge in [-0.25, -0.2) is 4.99 Å². The molecule has 0 radical (unpaired) electrons. The minimum atomic E-state index is 0.512. The predicted molar refractivity (Wildman–Crippen MR) is 89.6 cm³/mol. The first-order valence-corrected chi connectivity index (χ1v) is 7.47. The van der Waals surface area contributed by atoms with E-state index >= 15 is 0 Å². The summed E-state index contributed by atoms with van der Waals surface area (Å²) in [5.74, 6) is 1.18. The lowest BCUT2D eigenvalue weighted by Crippen LogP contribution is -2.32. The van der Waals surface area contributed by atoms with E-state index in [9.17, 15) is 0 Å². The first kappa shape index (κ1) is 17.3. The summed E-state index contributed by atoms with van der Waals surface area (Å²) < 4.78 is 5.00. The Balaban J connectivity index is 2.34. The van der Waals surface area contributed by atoms with Crippen molar-refractivity contribution < 1.29 is 4.74 Å². The van der Waals surface area contributed by atoms with Gasteiger partial charge in [0, 0.05) is 25.9 Å². The van der Waals surface area contributed by atoms with Gasteiger partial charge in [0.1, 0.15) is 0 Å². The van der Waals surface area contributed by atoms with E-state index in [0.717, 1.165) is 30.8 Å². The summed E-state index contributed by atoms with van der Waals surface area (Å²) in [6.07, 6.45) is 1.10. The quantitative estimate of drug-likeness (QED) is 0.371. The summed E-state index contributed by atoms with van der Waals surface area (Å²) in [4.78, 5) is 4.34. The Hall–Kier alpha value is -1.75. The van der Waals surface area contributed by atoms with Crippen LogP contribution in [0.3, 0.4) is 0 Å². The number of nitrogens with one attached hydrogen (secondary N) is 2. The highest BCUT2D eigenvalue weighted by molar-refractivity contribution is 5.77. The number of guanidine groups is 1. The zero-order valence-corrected chi connectivity index (χ0v) is 13.4. The second-order valence-electron chi connectivity index (χ2n) is 5.43. The van der Waals surface area contributed by atoms with Crippen LogP contribution in [-0.2, 0) is 11.3 Å². The summed E-state index contributed by atoms with van der Waals surface area (Å²) in [5, 5.41) is 6.41. The normalized spacial score (nSPS) is 11.7. The topological polar surface area (TPSA) is 71.7 Å². The van der Waals surface area contributed by atoms with Gasteiger partial charge in [0.15, 0.2) is 5.96 Å². The molecular weight excluding hydrogens is 264 g/mol. The number of methoxy groups -OCH3 is 1. The number of nitrogens with two attached hydrogens (primary N) is 1. The van der Waals surface area contributed by atoms with Crippen LogP contribution in [0, 0.1) is 5.92 Å². The Labute approximate surface area is 128 Å². The molecule has 1 aromatic rings. The van der Waals surface area contributed by atoms with Gasteiger partial charge in [0.25, 0.3) is 0 Å². The van der Waals surface area contributed by atoms with Gasteiger partial charge >= 0.3 is 0 Å². The van der Waals surface area contributed by atoms with Crippen molar-refractivity contribution in [3.63, 3.8) is 0 Å². The minimum absolute atomic E-state index is 0.512. The van der Waals surface area contributed by atoms with Gasteiger partial charge in [-0.3, -0.25) is 0 Å². The molecule has 0 aromatic heterocycles. The maximum atomic E-state index is 5.83. The van der Waals surface area contributed by atoms with Gasteiger partial charge in [-0.05, 0) is 30.0 Å². The van der Waals surface area contributed by atoms with Crippen LogP contribution in [-0.4, -0.2) is 32.8 Å². The molecule has 1 rings (SSSR count). The Morgan fingerprint density at radius 3 is 2.57 bits per heavy atom. The number of aliphatic imine (C=N–C) groups is 1.